The number of pyridine rings is 1. The van der Waals surface area contributed by atoms with Gasteiger partial charge >= 0.3 is 5.97 Å². The first-order chi connectivity index (χ1) is 12.2. The summed E-state index contributed by atoms with van der Waals surface area (Å²) in [5, 5.41) is 10.4. The number of carbonyl (C=O) groups excluding carboxylic acids is 2. The molecule has 1 amide bonds. The maximum atomic E-state index is 12.8. The number of rotatable bonds is 6. The highest BCUT2D eigenvalue weighted by molar-refractivity contribution is 6.44. The van der Waals surface area contributed by atoms with Gasteiger partial charge in [-0.25, -0.2) is 4.79 Å². The van der Waals surface area contributed by atoms with E-state index in [1.807, 2.05) is 6.07 Å². The lowest BCUT2D eigenvalue weighted by Crippen LogP contribution is -2.33. The number of esters is 1. The molecule has 130 valence electrons. The molecular weight excluding hydrogens is 326 g/mol. The summed E-state index contributed by atoms with van der Waals surface area (Å²) >= 11 is 0. The molecule has 9 heteroatoms. The van der Waals surface area contributed by atoms with Gasteiger partial charge in [0.25, 0.3) is 5.91 Å². The average Bonchev–Trinajstić information content (AvgIpc) is 3.27. The first-order valence-corrected chi connectivity index (χ1v) is 7.75. The van der Waals surface area contributed by atoms with Gasteiger partial charge in [-0.2, -0.15) is 5.10 Å². The summed E-state index contributed by atoms with van der Waals surface area (Å²) in [7, 11) is 0. The van der Waals surface area contributed by atoms with Crippen LogP contribution in [0.2, 0.25) is 0 Å². The standard InChI is InChI=1S/C16H17N5O4/c1-2-24-14(22)10-25-20-15(13-4-6-18-19-13)16(23)21-8-11-3-5-17-7-12(11)9-21/h3-7H,2,8-10H2,1H3,(H,18,19). The molecule has 0 saturated carbocycles. The third kappa shape index (κ3) is 3.82. The van der Waals surface area contributed by atoms with Crippen molar-refractivity contribution in [1.82, 2.24) is 20.1 Å². The van der Waals surface area contributed by atoms with Crippen molar-refractivity contribution in [2.24, 2.45) is 5.16 Å². The van der Waals surface area contributed by atoms with Crippen LogP contribution in [0.3, 0.4) is 0 Å². The predicted molar refractivity (Wildman–Crippen MR) is 86.2 cm³/mol. The summed E-state index contributed by atoms with van der Waals surface area (Å²) < 4.78 is 4.76. The smallest absolute Gasteiger partial charge is 0.347 e. The van der Waals surface area contributed by atoms with Gasteiger partial charge in [-0.05, 0) is 30.2 Å². The molecule has 0 bridgehead atoms. The highest BCUT2D eigenvalue weighted by atomic mass is 16.7. The van der Waals surface area contributed by atoms with Crippen molar-refractivity contribution in [3.05, 3.63) is 47.5 Å². The highest BCUT2D eigenvalue weighted by Gasteiger charge is 2.28. The van der Waals surface area contributed by atoms with Gasteiger partial charge in [0.1, 0.15) is 0 Å². The van der Waals surface area contributed by atoms with E-state index in [9.17, 15) is 9.59 Å². The number of aromatic nitrogens is 3. The van der Waals surface area contributed by atoms with E-state index in [0.717, 1.165) is 11.1 Å². The van der Waals surface area contributed by atoms with E-state index in [2.05, 4.69) is 20.3 Å². The lowest BCUT2D eigenvalue weighted by Gasteiger charge is -2.15. The predicted octanol–water partition coefficient (Wildman–Crippen LogP) is 0.631. The Bertz CT molecular complexity index is 763. The van der Waals surface area contributed by atoms with Gasteiger partial charge in [0, 0.05) is 31.7 Å². The third-order valence-corrected chi connectivity index (χ3v) is 3.62. The summed E-state index contributed by atoms with van der Waals surface area (Å²) in [6.07, 6.45) is 4.94. The van der Waals surface area contributed by atoms with Gasteiger partial charge in [0.05, 0.1) is 12.3 Å². The maximum Gasteiger partial charge on any atom is 0.347 e. The molecule has 2 aromatic rings. The summed E-state index contributed by atoms with van der Waals surface area (Å²) in [4.78, 5) is 34.9. The van der Waals surface area contributed by atoms with Crippen molar-refractivity contribution in [1.29, 1.82) is 0 Å². The van der Waals surface area contributed by atoms with E-state index in [4.69, 9.17) is 9.57 Å². The minimum absolute atomic E-state index is 0.0440. The Hall–Kier alpha value is -3.23. The van der Waals surface area contributed by atoms with E-state index in [1.54, 1.807) is 30.3 Å². The van der Waals surface area contributed by atoms with Gasteiger partial charge < -0.3 is 14.5 Å². The van der Waals surface area contributed by atoms with Crippen molar-refractivity contribution < 1.29 is 19.2 Å². The molecule has 3 rings (SSSR count). The molecule has 1 N–H and O–H groups in total. The minimum atomic E-state index is -0.553. The molecule has 1 aliphatic rings. The lowest BCUT2D eigenvalue weighted by atomic mass is 10.2. The number of nitrogens with one attached hydrogen (secondary N) is 1. The van der Waals surface area contributed by atoms with Gasteiger partial charge in [0.2, 0.25) is 6.61 Å². The van der Waals surface area contributed by atoms with Crippen molar-refractivity contribution in [2.45, 2.75) is 20.0 Å². The SMILES string of the molecule is CCOC(=O)CON=C(C(=O)N1Cc2ccncc2C1)c1ccn[nH]1. The average molecular weight is 343 g/mol. The van der Waals surface area contributed by atoms with Crippen molar-refractivity contribution in [3.63, 3.8) is 0 Å². The third-order valence-electron chi connectivity index (χ3n) is 3.62. The fourth-order valence-electron chi connectivity index (χ4n) is 2.46. The summed E-state index contributed by atoms with van der Waals surface area (Å²) in [5.41, 5.74) is 2.48. The number of aromatic amines is 1. The van der Waals surface area contributed by atoms with Gasteiger partial charge in [0.15, 0.2) is 5.71 Å². The summed E-state index contributed by atoms with van der Waals surface area (Å²) in [6.45, 7) is 2.47. The van der Waals surface area contributed by atoms with Crippen LogP contribution in [0.15, 0.2) is 35.9 Å². The Balaban J connectivity index is 1.74. The number of ether oxygens (including phenoxy) is 1. The Kier molecular flexibility index (Phi) is 5.03. The Morgan fingerprint density at radius 2 is 2.12 bits per heavy atom. The maximum absolute atomic E-state index is 12.8. The number of carbonyl (C=O) groups is 2. The van der Waals surface area contributed by atoms with Crippen molar-refractivity contribution in [2.75, 3.05) is 13.2 Å². The van der Waals surface area contributed by atoms with Crippen molar-refractivity contribution in [3.8, 4) is 0 Å². The number of oxime groups is 1. The van der Waals surface area contributed by atoms with Crippen LogP contribution >= 0.6 is 0 Å². The number of hydrogen-bond donors (Lipinski definition) is 1. The lowest BCUT2D eigenvalue weighted by molar-refractivity contribution is -0.148. The Labute approximate surface area is 143 Å². The first-order valence-electron chi connectivity index (χ1n) is 7.75. The molecule has 0 aromatic carbocycles. The van der Waals surface area contributed by atoms with Crippen LogP contribution < -0.4 is 0 Å². The van der Waals surface area contributed by atoms with Crippen LogP contribution in [-0.2, 0) is 32.3 Å². The van der Waals surface area contributed by atoms with E-state index in [-0.39, 0.29) is 24.8 Å². The summed E-state index contributed by atoms with van der Waals surface area (Å²) in [5.74, 6) is -0.883. The first kappa shape index (κ1) is 16.6. The number of fused-ring (bicyclic) bond motifs is 1. The number of amides is 1. The minimum Gasteiger partial charge on any atom is -0.463 e. The number of nitrogens with zero attached hydrogens (tertiary/aromatic N) is 4. The second-order valence-electron chi connectivity index (χ2n) is 5.29. The summed E-state index contributed by atoms with van der Waals surface area (Å²) in [6, 6.07) is 3.49. The van der Waals surface area contributed by atoms with E-state index in [1.165, 1.54) is 6.20 Å². The molecule has 0 fully saturated rings. The van der Waals surface area contributed by atoms with Crippen LogP contribution in [0.4, 0.5) is 0 Å². The Morgan fingerprint density at radius 1 is 1.28 bits per heavy atom. The molecule has 2 aromatic heterocycles. The molecule has 9 nitrogen and oxygen atoms in total. The van der Waals surface area contributed by atoms with Crippen molar-refractivity contribution >= 4 is 17.6 Å². The number of H-pyrrole nitrogens is 1. The normalized spacial score (nSPS) is 13.5. The van der Waals surface area contributed by atoms with Crippen LogP contribution in [0, 0.1) is 0 Å². The van der Waals surface area contributed by atoms with E-state index >= 15 is 0 Å². The van der Waals surface area contributed by atoms with Crippen LogP contribution in [0.25, 0.3) is 0 Å². The van der Waals surface area contributed by atoms with Gasteiger partial charge in [-0.15, -0.1) is 0 Å². The second-order valence-corrected chi connectivity index (χ2v) is 5.29. The molecule has 0 spiro atoms. The Morgan fingerprint density at radius 3 is 2.84 bits per heavy atom. The second kappa shape index (κ2) is 7.56. The molecule has 3 heterocycles. The molecule has 0 radical (unpaired) electrons. The van der Waals surface area contributed by atoms with E-state index < -0.39 is 5.97 Å². The molecule has 0 unspecified atom stereocenters. The van der Waals surface area contributed by atoms with Crippen LogP contribution in [0.5, 0.6) is 0 Å². The number of hydrogen-bond acceptors (Lipinski definition) is 7. The largest absolute Gasteiger partial charge is 0.463 e. The van der Waals surface area contributed by atoms with Gasteiger partial charge in [-0.1, -0.05) is 5.16 Å². The zero-order valence-corrected chi connectivity index (χ0v) is 13.6. The molecule has 0 aliphatic carbocycles. The quantitative estimate of drug-likeness (QED) is 0.468. The fraction of sp³-hybridized carbons (Fsp3) is 0.312. The molecule has 25 heavy (non-hydrogen) atoms. The zero-order valence-electron chi connectivity index (χ0n) is 13.6. The van der Waals surface area contributed by atoms with E-state index in [0.29, 0.717) is 18.8 Å². The molecule has 0 atom stereocenters. The molecule has 0 saturated heterocycles. The fourth-order valence-corrected chi connectivity index (χ4v) is 2.46. The zero-order chi connectivity index (χ0) is 17.6. The van der Waals surface area contributed by atoms with Gasteiger partial charge in [-0.3, -0.25) is 14.9 Å². The van der Waals surface area contributed by atoms with Crippen LogP contribution in [-0.4, -0.2) is 50.9 Å². The van der Waals surface area contributed by atoms with Crippen LogP contribution in [0.1, 0.15) is 23.7 Å². The topological polar surface area (TPSA) is 110 Å². The molecule has 1 aliphatic heterocycles. The molecular formula is C16H17N5O4. The highest BCUT2D eigenvalue weighted by Crippen LogP contribution is 2.22. The monoisotopic (exact) mass is 343 g/mol.